The molecular formula is C15H17N3OS. The molecule has 1 N–H and O–H groups in total. The highest BCUT2D eigenvalue weighted by molar-refractivity contribution is 7.13. The SMILES string of the molecule is Cc1csc(-c2cccc(NC(=O)N3CCCC3)c2)n1. The standard InChI is InChI=1S/C15H17N3OS/c1-11-10-20-14(16-11)12-5-4-6-13(9-12)17-15(19)18-7-2-3-8-18/h4-6,9-10H,2-3,7-8H2,1H3,(H,17,19). The lowest BCUT2D eigenvalue weighted by Crippen LogP contribution is -2.32. The molecule has 3 rings (SSSR count). The van der Waals surface area contributed by atoms with Crippen LogP contribution in [0.3, 0.4) is 0 Å². The molecule has 2 heterocycles. The van der Waals surface area contributed by atoms with Crippen LogP contribution in [0.25, 0.3) is 10.6 Å². The van der Waals surface area contributed by atoms with Crippen LogP contribution in [0.5, 0.6) is 0 Å². The highest BCUT2D eigenvalue weighted by Crippen LogP contribution is 2.26. The maximum absolute atomic E-state index is 12.1. The Balaban J connectivity index is 1.75. The lowest BCUT2D eigenvalue weighted by Gasteiger charge is -2.16. The molecule has 1 aliphatic heterocycles. The third-order valence-corrected chi connectivity index (χ3v) is 4.38. The Kier molecular flexibility index (Phi) is 3.69. The van der Waals surface area contributed by atoms with Crippen LogP contribution in [0, 0.1) is 6.92 Å². The number of hydrogen-bond acceptors (Lipinski definition) is 3. The Bertz CT molecular complexity index is 617. The van der Waals surface area contributed by atoms with Gasteiger partial charge in [0.1, 0.15) is 5.01 Å². The first-order valence-corrected chi connectivity index (χ1v) is 7.69. The van der Waals surface area contributed by atoms with Crippen LogP contribution in [-0.4, -0.2) is 29.0 Å². The number of carbonyl (C=O) groups excluding carboxylic acids is 1. The van der Waals surface area contributed by atoms with Crippen LogP contribution >= 0.6 is 11.3 Å². The number of hydrogen-bond donors (Lipinski definition) is 1. The normalized spacial score (nSPS) is 14.6. The Morgan fingerprint density at radius 3 is 2.85 bits per heavy atom. The van der Waals surface area contributed by atoms with Gasteiger partial charge in [-0.1, -0.05) is 12.1 Å². The highest BCUT2D eigenvalue weighted by Gasteiger charge is 2.17. The second-order valence-electron chi connectivity index (χ2n) is 5.00. The zero-order valence-electron chi connectivity index (χ0n) is 11.4. The second kappa shape index (κ2) is 5.63. The number of thiazole rings is 1. The molecule has 0 radical (unpaired) electrons. The Labute approximate surface area is 122 Å². The van der Waals surface area contributed by atoms with Gasteiger partial charge in [0.15, 0.2) is 0 Å². The van der Waals surface area contributed by atoms with Crippen LogP contribution in [0.1, 0.15) is 18.5 Å². The first kappa shape index (κ1) is 13.1. The third-order valence-electron chi connectivity index (χ3n) is 3.37. The van der Waals surface area contributed by atoms with Crippen molar-refractivity contribution in [3.63, 3.8) is 0 Å². The molecule has 0 saturated carbocycles. The summed E-state index contributed by atoms with van der Waals surface area (Å²) in [6, 6.07) is 7.86. The predicted molar refractivity (Wildman–Crippen MR) is 82.1 cm³/mol. The summed E-state index contributed by atoms with van der Waals surface area (Å²) < 4.78 is 0. The van der Waals surface area contributed by atoms with Crippen molar-refractivity contribution in [2.75, 3.05) is 18.4 Å². The first-order valence-electron chi connectivity index (χ1n) is 6.81. The Hall–Kier alpha value is -1.88. The summed E-state index contributed by atoms with van der Waals surface area (Å²) in [5.74, 6) is 0. The number of urea groups is 1. The molecule has 104 valence electrons. The molecule has 4 nitrogen and oxygen atoms in total. The molecule has 1 aliphatic rings. The molecule has 5 heteroatoms. The number of nitrogens with one attached hydrogen (secondary N) is 1. The zero-order valence-corrected chi connectivity index (χ0v) is 12.2. The average molecular weight is 287 g/mol. The Morgan fingerprint density at radius 1 is 1.35 bits per heavy atom. The van der Waals surface area contributed by atoms with Crippen molar-refractivity contribution in [3.8, 4) is 10.6 Å². The summed E-state index contributed by atoms with van der Waals surface area (Å²) in [4.78, 5) is 18.4. The van der Waals surface area contributed by atoms with E-state index in [1.54, 1.807) is 11.3 Å². The van der Waals surface area contributed by atoms with Crippen LogP contribution < -0.4 is 5.32 Å². The van der Waals surface area contributed by atoms with Gasteiger partial charge in [0.2, 0.25) is 0 Å². The summed E-state index contributed by atoms with van der Waals surface area (Å²) in [5, 5.41) is 5.98. The largest absolute Gasteiger partial charge is 0.325 e. The van der Waals surface area contributed by atoms with Gasteiger partial charge in [-0.05, 0) is 31.9 Å². The van der Waals surface area contributed by atoms with E-state index in [9.17, 15) is 4.79 Å². The summed E-state index contributed by atoms with van der Waals surface area (Å²) >= 11 is 1.62. The minimum Gasteiger partial charge on any atom is -0.325 e. The Morgan fingerprint density at radius 2 is 2.15 bits per heavy atom. The maximum Gasteiger partial charge on any atom is 0.321 e. The molecule has 0 atom stereocenters. The quantitative estimate of drug-likeness (QED) is 0.914. The zero-order chi connectivity index (χ0) is 13.9. The summed E-state index contributed by atoms with van der Waals surface area (Å²) in [7, 11) is 0. The molecule has 0 aliphatic carbocycles. The van der Waals surface area contributed by atoms with Crippen LogP contribution in [0.2, 0.25) is 0 Å². The van der Waals surface area contributed by atoms with Crippen LogP contribution in [0.15, 0.2) is 29.6 Å². The van der Waals surface area contributed by atoms with Gasteiger partial charge in [0.25, 0.3) is 0 Å². The molecule has 0 spiro atoms. The van der Waals surface area contributed by atoms with Crippen molar-refractivity contribution in [1.29, 1.82) is 0 Å². The van der Waals surface area contributed by atoms with Crippen molar-refractivity contribution in [2.24, 2.45) is 0 Å². The van der Waals surface area contributed by atoms with E-state index in [2.05, 4.69) is 10.3 Å². The number of rotatable bonds is 2. The average Bonchev–Trinajstić information content (AvgIpc) is 3.10. The highest BCUT2D eigenvalue weighted by atomic mass is 32.1. The maximum atomic E-state index is 12.1. The number of amides is 2. The van der Waals surface area contributed by atoms with E-state index in [0.717, 1.165) is 47.9 Å². The molecule has 1 fully saturated rings. The van der Waals surface area contributed by atoms with E-state index in [0.29, 0.717) is 0 Å². The van der Waals surface area contributed by atoms with Gasteiger partial charge in [-0.2, -0.15) is 0 Å². The van der Waals surface area contributed by atoms with Gasteiger partial charge < -0.3 is 10.2 Å². The lowest BCUT2D eigenvalue weighted by molar-refractivity contribution is 0.222. The van der Waals surface area contributed by atoms with E-state index < -0.39 is 0 Å². The monoisotopic (exact) mass is 287 g/mol. The molecule has 1 aromatic carbocycles. The van der Waals surface area contributed by atoms with Crippen LogP contribution in [-0.2, 0) is 0 Å². The fourth-order valence-electron chi connectivity index (χ4n) is 2.34. The van der Waals surface area contributed by atoms with E-state index in [-0.39, 0.29) is 6.03 Å². The smallest absolute Gasteiger partial charge is 0.321 e. The fraction of sp³-hybridized carbons (Fsp3) is 0.333. The third kappa shape index (κ3) is 2.82. The minimum absolute atomic E-state index is 0.00466. The van der Waals surface area contributed by atoms with Gasteiger partial charge in [-0.3, -0.25) is 0 Å². The van der Waals surface area contributed by atoms with Crippen molar-refractivity contribution in [2.45, 2.75) is 19.8 Å². The van der Waals surface area contributed by atoms with E-state index >= 15 is 0 Å². The van der Waals surface area contributed by atoms with Crippen molar-refractivity contribution < 1.29 is 4.79 Å². The van der Waals surface area contributed by atoms with Crippen molar-refractivity contribution in [1.82, 2.24) is 9.88 Å². The first-order chi connectivity index (χ1) is 9.72. The van der Waals surface area contributed by atoms with Gasteiger partial charge in [-0.25, -0.2) is 9.78 Å². The van der Waals surface area contributed by atoms with Gasteiger partial charge in [0, 0.05) is 35.4 Å². The molecule has 0 bridgehead atoms. The molecule has 1 saturated heterocycles. The summed E-state index contributed by atoms with van der Waals surface area (Å²) in [6.45, 7) is 3.70. The van der Waals surface area contributed by atoms with Gasteiger partial charge >= 0.3 is 6.03 Å². The number of anilines is 1. The van der Waals surface area contributed by atoms with Crippen molar-refractivity contribution in [3.05, 3.63) is 35.3 Å². The number of likely N-dealkylation sites (tertiary alicyclic amines) is 1. The summed E-state index contributed by atoms with van der Waals surface area (Å²) in [6.07, 6.45) is 2.21. The minimum atomic E-state index is -0.00466. The predicted octanol–water partition coefficient (Wildman–Crippen LogP) is 3.75. The van der Waals surface area contributed by atoms with Crippen molar-refractivity contribution >= 4 is 23.1 Å². The molecule has 2 amide bonds. The molecular weight excluding hydrogens is 270 g/mol. The van der Waals surface area contributed by atoms with E-state index in [4.69, 9.17) is 0 Å². The topological polar surface area (TPSA) is 45.2 Å². The van der Waals surface area contributed by atoms with Gasteiger partial charge in [0.05, 0.1) is 0 Å². The number of benzene rings is 1. The van der Waals surface area contributed by atoms with Crippen LogP contribution in [0.4, 0.5) is 10.5 Å². The number of aromatic nitrogens is 1. The lowest BCUT2D eigenvalue weighted by atomic mass is 10.2. The molecule has 1 aromatic heterocycles. The number of nitrogens with zero attached hydrogens (tertiary/aromatic N) is 2. The molecule has 2 aromatic rings. The summed E-state index contributed by atoms with van der Waals surface area (Å²) in [5.41, 5.74) is 2.89. The molecule has 20 heavy (non-hydrogen) atoms. The molecule has 0 unspecified atom stereocenters. The number of carbonyl (C=O) groups is 1. The van der Waals surface area contributed by atoms with Gasteiger partial charge in [-0.15, -0.1) is 11.3 Å². The van der Waals surface area contributed by atoms with E-state index in [1.165, 1.54) is 0 Å². The second-order valence-corrected chi connectivity index (χ2v) is 5.86. The fourth-order valence-corrected chi connectivity index (χ4v) is 3.13. The van der Waals surface area contributed by atoms with E-state index in [1.807, 2.05) is 41.5 Å². The number of aryl methyl sites for hydroxylation is 1.